The fourth-order valence-electron chi connectivity index (χ4n) is 8.28. The minimum absolute atomic E-state index is 0.120. The van der Waals surface area contributed by atoms with Crippen LogP contribution in [-0.4, -0.2) is 62.9 Å². The molecule has 12 heteroatoms. The number of aryl methyl sites for hydroxylation is 1. The van der Waals surface area contributed by atoms with E-state index in [4.69, 9.17) is 21.1 Å². The van der Waals surface area contributed by atoms with Crippen molar-refractivity contribution in [3.05, 3.63) is 94.8 Å². The van der Waals surface area contributed by atoms with Crippen molar-refractivity contribution < 1.29 is 27.5 Å². The van der Waals surface area contributed by atoms with Crippen LogP contribution in [0.4, 0.5) is 11.4 Å². The second kappa shape index (κ2) is 15.0. The molecule has 2 aliphatic carbocycles. The van der Waals surface area contributed by atoms with Crippen molar-refractivity contribution in [1.29, 1.82) is 0 Å². The van der Waals surface area contributed by atoms with Gasteiger partial charge in [0.2, 0.25) is 15.9 Å². The van der Waals surface area contributed by atoms with E-state index in [0.717, 1.165) is 42.8 Å². The van der Waals surface area contributed by atoms with Crippen molar-refractivity contribution in [2.24, 2.45) is 11.8 Å². The number of hydrogen-bond donors (Lipinski definition) is 2. The van der Waals surface area contributed by atoms with Gasteiger partial charge in [0.15, 0.2) is 0 Å². The molecule has 0 saturated heterocycles. The maximum absolute atomic E-state index is 13.5. The number of fused-ring (bicyclic) bond motifs is 4. The third kappa shape index (κ3) is 7.66. The van der Waals surface area contributed by atoms with Crippen molar-refractivity contribution in [3.63, 3.8) is 0 Å². The summed E-state index contributed by atoms with van der Waals surface area (Å²) in [5.41, 5.74) is 3.85. The summed E-state index contributed by atoms with van der Waals surface area (Å²) in [6.45, 7) is 3.51. The first kappa shape index (κ1) is 35.5. The van der Waals surface area contributed by atoms with Crippen LogP contribution < -0.4 is 19.7 Å². The van der Waals surface area contributed by atoms with E-state index < -0.39 is 21.2 Å². The van der Waals surface area contributed by atoms with E-state index in [1.165, 1.54) is 11.1 Å². The number of amides is 2. The SMILES string of the molecule is CC[C@@H]1CC/C=C/[C@H](OCC(=O)Nc2ccncc2)[C@@H]2CC[C@H]2CN2C[C@@]3(CCCc4cc(Cl)ccc43)COc3ccc(cc32)C(=O)NS1(=O)=O. The number of hydrogen-bond acceptors (Lipinski definition) is 8. The van der Waals surface area contributed by atoms with Crippen LogP contribution in [0.5, 0.6) is 5.75 Å². The summed E-state index contributed by atoms with van der Waals surface area (Å²) >= 11 is 6.45. The molecule has 270 valence electrons. The van der Waals surface area contributed by atoms with Crippen molar-refractivity contribution >= 4 is 44.8 Å². The van der Waals surface area contributed by atoms with Crippen LogP contribution in [0, 0.1) is 11.8 Å². The molecule has 3 aromatic rings. The lowest BCUT2D eigenvalue weighted by Gasteiger charge is -2.46. The summed E-state index contributed by atoms with van der Waals surface area (Å²) in [6.07, 6.45) is 12.9. The predicted molar refractivity (Wildman–Crippen MR) is 198 cm³/mol. The standard InChI is InChI=1S/C39H45ClN4O6S/c1-2-31-7-3-4-8-35(49-23-37(45)42-30-15-18-41-19-16-30)32-12-9-28(32)22-44-24-39(17-5-6-26-20-29(40)11-13-33(26)39)25-50-36-14-10-27(21-34(36)44)38(46)43-51(31,47)48/h4,8,10-11,13-16,18-21,28,31-32,35H,2-3,5-7,9,12,17,22-25H2,1H3,(H,43,46)(H,41,42,45)/b8-4+/t28-,31+,32+,35-,39-/m0/s1. The molecule has 2 N–H and O–H groups in total. The second-order valence-corrected chi connectivity index (χ2v) is 16.8. The number of allylic oxidation sites excluding steroid dienone is 1. The van der Waals surface area contributed by atoms with Crippen LogP contribution in [0.25, 0.3) is 0 Å². The maximum Gasteiger partial charge on any atom is 0.264 e. The number of carbonyl (C=O) groups excluding carboxylic acids is 2. The summed E-state index contributed by atoms with van der Waals surface area (Å²) in [5.74, 6) is 0.149. The molecular weight excluding hydrogens is 688 g/mol. The molecular formula is C39H45ClN4O6S. The van der Waals surface area contributed by atoms with Crippen LogP contribution in [0.1, 0.15) is 73.4 Å². The lowest BCUT2D eigenvalue weighted by Crippen LogP contribution is -2.50. The smallest absolute Gasteiger partial charge is 0.264 e. The number of anilines is 2. The van der Waals surface area contributed by atoms with E-state index >= 15 is 0 Å². The van der Waals surface area contributed by atoms with Crippen LogP contribution in [-0.2, 0) is 31.4 Å². The summed E-state index contributed by atoms with van der Waals surface area (Å²) in [5, 5.41) is 2.84. The van der Waals surface area contributed by atoms with Gasteiger partial charge in [-0.25, -0.2) is 13.1 Å². The Balaban J connectivity index is 1.23. The summed E-state index contributed by atoms with van der Waals surface area (Å²) < 4.78 is 42.2. The van der Waals surface area contributed by atoms with Crippen molar-refractivity contribution in [2.75, 3.05) is 36.5 Å². The summed E-state index contributed by atoms with van der Waals surface area (Å²) in [7, 11) is -3.95. The number of carbonyl (C=O) groups is 2. The highest BCUT2D eigenvalue weighted by Gasteiger charge is 2.44. The van der Waals surface area contributed by atoms with Gasteiger partial charge in [-0.15, -0.1) is 0 Å². The Morgan fingerprint density at radius 2 is 1.98 bits per heavy atom. The van der Waals surface area contributed by atoms with Gasteiger partial charge in [0.05, 0.1) is 23.6 Å². The van der Waals surface area contributed by atoms with E-state index in [1.807, 2.05) is 25.1 Å². The van der Waals surface area contributed by atoms with Gasteiger partial charge in [0.1, 0.15) is 12.4 Å². The molecule has 3 heterocycles. The third-order valence-corrected chi connectivity index (χ3v) is 13.3. The van der Waals surface area contributed by atoms with E-state index in [9.17, 15) is 18.0 Å². The fraction of sp³-hybridized carbons (Fsp3) is 0.462. The number of nitrogens with one attached hydrogen (secondary N) is 2. The zero-order valence-corrected chi connectivity index (χ0v) is 30.4. The minimum atomic E-state index is -3.95. The Morgan fingerprint density at radius 3 is 2.76 bits per heavy atom. The van der Waals surface area contributed by atoms with E-state index in [-0.39, 0.29) is 41.4 Å². The molecule has 51 heavy (non-hydrogen) atoms. The Labute approximate surface area is 305 Å². The zero-order chi connectivity index (χ0) is 35.6. The molecule has 5 atom stereocenters. The van der Waals surface area contributed by atoms with Gasteiger partial charge >= 0.3 is 0 Å². The molecule has 1 spiro atoms. The van der Waals surface area contributed by atoms with Gasteiger partial charge in [-0.05, 0) is 117 Å². The van der Waals surface area contributed by atoms with Crippen LogP contribution >= 0.6 is 11.6 Å². The summed E-state index contributed by atoms with van der Waals surface area (Å²) in [6, 6.07) is 14.8. The topological polar surface area (TPSA) is 127 Å². The quantitative estimate of drug-likeness (QED) is 0.287. The van der Waals surface area contributed by atoms with E-state index in [2.05, 4.69) is 32.1 Å². The Morgan fingerprint density at radius 1 is 1.14 bits per heavy atom. The lowest BCUT2D eigenvalue weighted by atomic mass is 9.68. The number of halogens is 1. The highest BCUT2D eigenvalue weighted by atomic mass is 35.5. The lowest BCUT2D eigenvalue weighted by molar-refractivity contribution is -0.124. The van der Waals surface area contributed by atoms with E-state index in [0.29, 0.717) is 50.4 Å². The molecule has 7 rings (SSSR count). The molecule has 2 amide bonds. The number of sulfonamides is 1. The van der Waals surface area contributed by atoms with Gasteiger partial charge in [-0.1, -0.05) is 36.7 Å². The molecule has 0 radical (unpaired) electrons. The molecule has 10 nitrogen and oxygen atoms in total. The third-order valence-electron chi connectivity index (χ3n) is 11.1. The first-order valence-corrected chi connectivity index (χ1v) is 19.9. The van der Waals surface area contributed by atoms with Gasteiger partial charge in [-0.3, -0.25) is 14.6 Å². The number of rotatable bonds is 5. The molecule has 2 aromatic carbocycles. The monoisotopic (exact) mass is 732 g/mol. The molecule has 1 fully saturated rings. The Hall–Kier alpha value is -3.93. The van der Waals surface area contributed by atoms with Crippen LogP contribution in [0.3, 0.4) is 0 Å². The highest BCUT2D eigenvalue weighted by Crippen LogP contribution is 2.47. The molecule has 2 bridgehead atoms. The van der Waals surface area contributed by atoms with Gasteiger partial charge in [0, 0.05) is 47.2 Å². The molecule has 4 aliphatic rings. The number of ether oxygens (including phenoxy) is 2. The number of pyridine rings is 1. The van der Waals surface area contributed by atoms with Crippen LogP contribution in [0.15, 0.2) is 73.1 Å². The van der Waals surface area contributed by atoms with Crippen molar-refractivity contribution in [3.8, 4) is 5.75 Å². The maximum atomic E-state index is 13.5. The Kier molecular flexibility index (Phi) is 10.4. The molecule has 2 aliphatic heterocycles. The average molecular weight is 733 g/mol. The predicted octanol–water partition coefficient (Wildman–Crippen LogP) is 6.45. The zero-order valence-electron chi connectivity index (χ0n) is 28.9. The largest absolute Gasteiger partial charge is 0.490 e. The molecule has 1 saturated carbocycles. The van der Waals surface area contributed by atoms with Gasteiger partial charge in [0.25, 0.3) is 5.91 Å². The number of aromatic nitrogens is 1. The fourth-order valence-corrected chi connectivity index (χ4v) is 9.90. The Bertz CT molecular complexity index is 1910. The van der Waals surface area contributed by atoms with Gasteiger partial charge < -0.3 is 19.7 Å². The first-order chi connectivity index (χ1) is 24.6. The number of nitrogens with zero attached hydrogens (tertiary/aromatic N) is 2. The minimum Gasteiger partial charge on any atom is -0.490 e. The van der Waals surface area contributed by atoms with Crippen molar-refractivity contribution in [1.82, 2.24) is 9.71 Å². The molecule has 1 aromatic heterocycles. The normalized spacial score (nSPS) is 27.8. The average Bonchev–Trinajstić information content (AvgIpc) is 3.25. The second-order valence-electron chi connectivity index (χ2n) is 14.4. The van der Waals surface area contributed by atoms with Gasteiger partial charge in [-0.2, -0.15) is 0 Å². The molecule has 0 unspecified atom stereocenters. The van der Waals surface area contributed by atoms with Crippen LogP contribution in [0.2, 0.25) is 5.02 Å². The summed E-state index contributed by atoms with van der Waals surface area (Å²) in [4.78, 5) is 32.8. The first-order valence-electron chi connectivity index (χ1n) is 18.0. The van der Waals surface area contributed by atoms with Crippen molar-refractivity contribution in [2.45, 2.75) is 75.1 Å². The van der Waals surface area contributed by atoms with E-state index in [1.54, 1.807) is 42.7 Å². The highest BCUT2D eigenvalue weighted by molar-refractivity contribution is 7.90. The number of benzene rings is 2.